The van der Waals surface area contributed by atoms with E-state index in [9.17, 15) is 14.0 Å². The largest absolute Gasteiger partial charge is 0.489 e. The number of urea groups is 1. The van der Waals surface area contributed by atoms with Gasteiger partial charge in [-0.1, -0.05) is 47.5 Å². The maximum atomic E-state index is 14.1. The van der Waals surface area contributed by atoms with E-state index in [2.05, 4.69) is 27.3 Å². The molecule has 2 aliphatic heterocycles. The molecule has 1 fully saturated rings. The van der Waals surface area contributed by atoms with Gasteiger partial charge in [-0.2, -0.15) is 0 Å². The minimum Gasteiger partial charge on any atom is -0.489 e. The highest BCUT2D eigenvalue weighted by atomic mass is 35.5. The van der Waals surface area contributed by atoms with Crippen LogP contribution in [0.2, 0.25) is 10.0 Å². The number of anilines is 1. The minimum absolute atomic E-state index is 0.00729. The van der Waals surface area contributed by atoms with Crippen molar-refractivity contribution < 1.29 is 18.7 Å². The van der Waals surface area contributed by atoms with Crippen molar-refractivity contribution in [2.24, 2.45) is 7.05 Å². The lowest BCUT2D eigenvalue weighted by atomic mass is 10.1. The number of carbonyl (C=O) groups excluding carboxylic acids is 2. The molecule has 210 valence electrons. The highest BCUT2D eigenvalue weighted by Gasteiger charge is 2.28. The summed E-state index contributed by atoms with van der Waals surface area (Å²) in [5.41, 5.74) is 4.64. The van der Waals surface area contributed by atoms with Crippen LogP contribution in [-0.4, -0.2) is 32.9 Å². The number of amides is 3. The first-order valence-corrected chi connectivity index (χ1v) is 13.8. The molecule has 0 radical (unpaired) electrons. The Hall–Kier alpha value is -3.92. The van der Waals surface area contributed by atoms with Crippen LogP contribution in [-0.2, 0) is 38.1 Å². The van der Waals surface area contributed by atoms with Crippen molar-refractivity contribution >= 4 is 41.0 Å². The molecule has 1 saturated heterocycles. The Morgan fingerprint density at radius 2 is 1.85 bits per heavy atom. The molecular formula is C30H26Cl2FN5O3. The average Bonchev–Trinajstić information content (AvgIpc) is 3.52. The zero-order valence-corrected chi connectivity index (χ0v) is 23.7. The predicted molar refractivity (Wildman–Crippen MR) is 154 cm³/mol. The van der Waals surface area contributed by atoms with Gasteiger partial charge in [-0.15, -0.1) is 0 Å². The molecule has 41 heavy (non-hydrogen) atoms. The number of nitrogens with one attached hydrogen (secondary N) is 1. The van der Waals surface area contributed by atoms with Crippen LogP contribution < -0.4 is 15.0 Å². The van der Waals surface area contributed by atoms with Crippen LogP contribution in [0.4, 0.5) is 15.0 Å². The van der Waals surface area contributed by atoms with Crippen molar-refractivity contribution in [1.82, 2.24) is 19.8 Å². The fraction of sp³-hybridized carbons (Fsp3) is 0.233. The van der Waals surface area contributed by atoms with Crippen LogP contribution in [0.3, 0.4) is 0 Å². The van der Waals surface area contributed by atoms with Crippen LogP contribution >= 0.6 is 23.2 Å². The van der Waals surface area contributed by atoms with Crippen molar-refractivity contribution in [3.05, 3.63) is 98.9 Å². The average molecular weight is 594 g/mol. The smallest absolute Gasteiger partial charge is 0.329 e. The molecule has 0 saturated carbocycles. The molecule has 3 aromatic carbocycles. The van der Waals surface area contributed by atoms with Gasteiger partial charge in [0.15, 0.2) is 0 Å². The summed E-state index contributed by atoms with van der Waals surface area (Å²) in [6, 6.07) is 15.9. The second-order valence-electron chi connectivity index (χ2n) is 10.1. The van der Waals surface area contributed by atoms with Crippen molar-refractivity contribution in [1.29, 1.82) is 0 Å². The van der Waals surface area contributed by atoms with Crippen LogP contribution in [0.1, 0.15) is 28.7 Å². The van der Waals surface area contributed by atoms with Gasteiger partial charge in [-0.3, -0.25) is 19.9 Å². The summed E-state index contributed by atoms with van der Waals surface area (Å²) in [6.07, 6.45) is 1.91. The third kappa shape index (κ3) is 5.53. The minimum atomic E-state index is -0.437. The summed E-state index contributed by atoms with van der Waals surface area (Å²) >= 11 is 12.7. The molecule has 4 aromatic rings. The molecule has 6 rings (SSSR count). The molecule has 8 nitrogen and oxygen atoms in total. The predicted octanol–water partition coefficient (Wildman–Crippen LogP) is 6.07. The van der Waals surface area contributed by atoms with E-state index in [4.69, 9.17) is 27.9 Å². The van der Waals surface area contributed by atoms with Gasteiger partial charge in [0, 0.05) is 55.8 Å². The van der Waals surface area contributed by atoms with E-state index in [1.54, 1.807) is 24.4 Å². The first kappa shape index (κ1) is 27.3. The van der Waals surface area contributed by atoms with Crippen molar-refractivity contribution in [3.63, 3.8) is 0 Å². The third-order valence-electron chi connectivity index (χ3n) is 7.41. The normalized spacial score (nSPS) is 15.3. The van der Waals surface area contributed by atoms with Crippen LogP contribution in [0.5, 0.6) is 5.75 Å². The van der Waals surface area contributed by atoms with Crippen molar-refractivity contribution in [2.45, 2.75) is 32.7 Å². The number of halogens is 3. The summed E-state index contributed by atoms with van der Waals surface area (Å²) in [6.45, 7) is 2.50. The highest BCUT2D eigenvalue weighted by Crippen LogP contribution is 2.32. The fourth-order valence-corrected chi connectivity index (χ4v) is 5.68. The Morgan fingerprint density at radius 1 is 1.02 bits per heavy atom. The number of ether oxygens (including phenoxy) is 1. The number of carbonyl (C=O) groups is 2. The monoisotopic (exact) mass is 593 g/mol. The van der Waals surface area contributed by atoms with Gasteiger partial charge in [0.1, 0.15) is 29.8 Å². The van der Waals surface area contributed by atoms with E-state index in [0.717, 1.165) is 30.0 Å². The molecule has 0 atom stereocenters. The van der Waals surface area contributed by atoms with Crippen LogP contribution in [0.25, 0.3) is 11.4 Å². The molecule has 1 N–H and O–H groups in total. The Balaban J connectivity index is 1.12. The number of imide groups is 1. The van der Waals surface area contributed by atoms with Crippen LogP contribution in [0, 0.1) is 5.82 Å². The number of hydrogen-bond acceptors (Lipinski definition) is 5. The standard InChI is InChI=1S/C30H26Cl2FN5O3/c1-36-28(38-10-9-27(39)35-30(38)40)13-34-29(36)18-5-6-19-14-37(16-21(19)11-18)15-20-7-8-22(12-25(20)32)41-17-23-24(31)3-2-4-26(23)33/h2-8,11-13H,9-10,14-17H2,1H3,(H,35,39,40). The van der Waals surface area contributed by atoms with Gasteiger partial charge in [0.2, 0.25) is 5.91 Å². The highest BCUT2D eigenvalue weighted by molar-refractivity contribution is 6.31. The van der Waals surface area contributed by atoms with E-state index < -0.39 is 11.8 Å². The quantitative estimate of drug-likeness (QED) is 0.281. The first-order chi connectivity index (χ1) is 19.8. The molecule has 0 bridgehead atoms. The van der Waals surface area contributed by atoms with E-state index >= 15 is 0 Å². The molecule has 0 aliphatic carbocycles. The van der Waals surface area contributed by atoms with Gasteiger partial charge in [0.25, 0.3) is 0 Å². The lowest BCUT2D eigenvalue weighted by Gasteiger charge is -2.26. The molecule has 0 spiro atoms. The Bertz CT molecular complexity index is 1650. The number of fused-ring (bicyclic) bond motifs is 1. The molecule has 2 aliphatic rings. The van der Waals surface area contributed by atoms with E-state index in [0.29, 0.717) is 40.3 Å². The van der Waals surface area contributed by atoms with Gasteiger partial charge in [-0.25, -0.2) is 14.2 Å². The van der Waals surface area contributed by atoms with Crippen molar-refractivity contribution in [3.8, 4) is 17.1 Å². The summed E-state index contributed by atoms with van der Waals surface area (Å²) in [7, 11) is 1.86. The van der Waals surface area contributed by atoms with Gasteiger partial charge < -0.3 is 9.30 Å². The maximum absolute atomic E-state index is 14.1. The Labute approximate surface area is 246 Å². The second-order valence-corrected chi connectivity index (χ2v) is 10.9. The Kier molecular flexibility index (Phi) is 7.42. The van der Waals surface area contributed by atoms with Gasteiger partial charge >= 0.3 is 6.03 Å². The van der Waals surface area contributed by atoms with Crippen molar-refractivity contribution in [2.75, 3.05) is 11.4 Å². The second kappa shape index (κ2) is 11.2. The molecule has 3 amide bonds. The van der Waals surface area contributed by atoms with Gasteiger partial charge in [-0.05, 0) is 47.0 Å². The van der Waals surface area contributed by atoms with Crippen LogP contribution in [0.15, 0.2) is 60.8 Å². The summed E-state index contributed by atoms with van der Waals surface area (Å²) in [5, 5.41) is 3.24. The van der Waals surface area contributed by atoms with E-state index in [-0.39, 0.29) is 18.9 Å². The SMILES string of the molecule is Cn1c(N2CCC(=O)NC2=O)cnc1-c1ccc2c(c1)CN(Cc1ccc(OCc3c(F)cccc3Cl)cc1Cl)C2. The topological polar surface area (TPSA) is 79.7 Å². The lowest BCUT2D eigenvalue weighted by Crippen LogP contribution is -2.50. The summed E-state index contributed by atoms with van der Waals surface area (Å²) in [4.78, 5) is 32.2. The van der Waals surface area contributed by atoms with E-state index in [1.165, 1.54) is 22.1 Å². The third-order valence-corrected chi connectivity index (χ3v) is 8.12. The maximum Gasteiger partial charge on any atom is 0.329 e. The summed E-state index contributed by atoms with van der Waals surface area (Å²) in [5.74, 6) is 1.22. The number of benzene rings is 3. The molecular weight excluding hydrogens is 568 g/mol. The molecule has 3 heterocycles. The molecule has 0 unspecified atom stereocenters. The van der Waals surface area contributed by atoms with E-state index in [1.807, 2.05) is 29.8 Å². The molecule has 11 heteroatoms. The molecule has 1 aromatic heterocycles. The Morgan fingerprint density at radius 3 is 2.63 bits per heavy atom. The number of hydrogen-bond donors (Lipinski definition) is 1. The number of nitrogens with zero attached hydrogens (tertiary/aromatic N) is 4. The first-order valence-electron chi connectivity index (χ1n) is 13.1. The number of rotatable bonds is 7. The number of aromatic nitrogens is 2. The summed E-state index contributed by atoms with van der Waals surface area (Å²) < 4.78 is 21.7. The zero-order valence-electron chi connectivity index (χ0n) is 22.2. The lowest BCUT2D eigenvalue weighted by molar-refractivity contribution is -0.120. The zero-order chi connectivity index (χ0) is 28.7. The number of imidazole rings is 1. The van der Waals surface area contributed by atoms with Gasteiger partial charge in [0.05, 0.1) is 11.2 Å². The fourth-order valence-electron chi connectivity index (χ4n) is 5.23.